The Hall–Kier alpha value is -2.10. The summed E-state index contributed by atoms with van der Waals surface area (Å²) < 4.78 is 9.44. The molecule has 0 N–H and O–H groups in total. The molecule has 0 radical (unpaired) electrons. The van der Waals surface area contributed by atoms with E-state index in [9.17, 15) is 9.59 Å². The van der Waals surface area contributed by atoms with Crippen molar-refractivity contribution in [1.82, 2.24) is 0 Å². The number of ether oxygens (including phenoxy) is 2. The maximum absolute atomic E-state index is 11.1. The van der Waals surface area contributed by atoms with Crippen molar-refractivity contribution in [3.05, 3.63) is 10.4 Å². The first kappa shape index (κ1) is 14.9. The number of carbonyl (C=O) groups excluding carboxylic acids is 2. The first-order valence-corrected chi connectivity index (χ1v) is 4.83. The van der Waals surface area contributed by atoms with Gasteiger partial charge in [-0.15, -0.1) is 0 Å². The van der Waals surface area contributed by atoms with E-state index in [2.05, 4.69) is 14.8 Å². The Kier molecular flexibility index (Phi) is 9.13. The van der Waals surface area contributed by atoms with E-state index in [0.29, 0.717) is 0 Å². The Morgan fingerprint density at radius 3 is 2.82 bits per heavy atom. The molecule has 17 heavy (non-hydrogen) atoms. The lowest BCUT2D eigenvalue weighted by molar-refractivity contribution is -0.146. The average molecular weight is 240 g/mol. The van der Waals surface area contributed by atoms with Gasteiger partial charge in [0.05, 0.1) is 19.1 Å². The number of esters is 1. The van der Waals surface area contributed by atoms with Gasteiger partial charge in [-0.1, -0.05) is 5.11 Å². The second-order valence-electron chi connectivity index (χ2n) is 2.85. The van der Waals surface area contributed by atoms with Gasteiger partial charge in [-0.2, -0.15) is 5.26 Å². The molecule has 0 heterocycles. The number of azide groups is 1. The highest BCUT2D eigenvalue weighted by molar-refractivity contribution is 5.96. The fourth-order valence-electron chi connectivity index (χ4n) is 0.810. The third-order valence-electron chi connectivity index (χ3n) is 1.48. The normalized spacial score (nSPS) is 8.88. The van der Waals surface area contributed by atoms with Gasteiger partial charge in [0.15, 0.2) is 5.78 Å². The second kappa shape index (κ2) is 10.4. The molecule has 92 valence electrons. The summed E-state index contributed by atoms with van der Waals surface area (Å²) in [4.78, 5) is 24.6. The Balaban J connectivity index is 3.54. The highest BCUT2D eigenvalue weighted by atomic mass is 16.5. The summed E-state index contributed by atoms with van der Waals surface area (Å²) in [7, 11) is 0. The second-order valence-corrected chi connectivity index (χ2v) is 2.85. The third kappa shape index (κ3) is 10.2. The number of nitrogens with zero attached hydrogens (tertiary/aromatic N) is 4. The molecule has 0 unspecified atom stereocenters. The van der Waals surface area contributed by atoms with Gasteiger partial charge in [0.1, 0.15) is 19.6 Å². The maximum atomic E-state index is 11.1. The SMILES string of the molecule is N#CCCOC(=O)CC(=O)COCCN=[N+]=[N-]. The summed E-state index contributed by atoms with van der Waals surface area (Å²) in [6.45, 7) is 0.0182. The summed E-state index contributed by atoms with van der Waals surface area (Å²) in [6, 6.07) is 1.80. The lowest BCUT2D eigenvalue weighted by Crippen LogP contribution is -2.17. The van der Waals surface area contributed by atoms with E-state index in [1.165, 1.54) is 0 Å². The summed E-state index contributed by atoms with van der Waals surface area (Å²) >= 11 is 0. The van der Waals surface area contributed by atoms with Gasteiger partial charge in [-0.05, 0) is 5.53 Å². The van der Waals surface area contributed by atoms with E-state index in [0.717, 1.165) is 0 Å². The van der Waals surface area contributed by atoms with Crippen LogP contribution >= 0.6 is 0 Å². The molecule has 0 bridgehead atoms. The molecule has 8 nitrogen and oxygen atoms in total. The molecule has 0 spiro atoms. The number of ketones is 1. The Morgan fingerprint density at radius 2 is 2.18 bits per heavy atom. The largest absolute Gasteiger partial charge is 0.464 e. The van der Waals surface area contributed by atoms with Crippen molar-refractivity contribution in [2.75, 3.05) is 26.4 Å². The minimum Gasteiger partial charge on any atom is -0.464 e. The Bertz CT molecular complexity index is 343. The highest BCUT2D eigenvalue weighted by Gasteiger charge is 2.10. The fraction of sp³-hybridized carbons (Fsp3) is 0.667. The van der Waals surface area contributed by atoms with Crippen molar-refractivity contribution in [1.29, 1.82) is 5.26 Å². The van der Waals surface area contributed by atoms with E-state index in [1.807, 2.05) is 0 Å². The van der Waals surface area contributed by atoms with Gasteiger partial charge in [0, 0.05) is 11.5 Å². The van der Waals surface area contributed by atoms with Crippen LogP contribution in [0.2, 0.25) is 0 Å². The topological polar surface area (TPSA) is 125 Å². The molecule has 0 fully saturated rings. The van der Waals surface area contributed by atoms with Crippen LogP contribution in [-0.4, -0.2) is 38.1 Å². The van der Waals surface area contributed by atoms with E-state index in [1.54, 1.807) is 6.07 Å². The average Bonchev–Trinajstić information content (AvgIpc) is 2.29. The molecule has 0 aliphatic heterocycles. The van der Waals surface area contributed by atoms with Crippen LogP contribution in [0.15, 0.2) is 5.11 Å². The van der Waals surface area contributed by atoms with Crippen molar-refractivity contribution < 1.29 is 19.1 Å². The lowest BCUT2D eigenvalue weighted by Gasteiger charge is -2.02. The summed E-state index contributed by atoms with van der Waals surface area (Å²) in [5.74, 6) is -1.10. The standard InChI is InChI=1S/C9H12N4O4/c10-2-1-4-17-9(15)6-8(14)7-16-5-3-12-13-11/h1,3-7H2. The van der Waals surface area contributed by atoms with Crippen LogP contribution in [0.5, 0.6) is 0 Å². The Labute approximate surface area is 97.7 Å². The molecule has 8 heteroatoms. The molecular weight excluding hydrogens is 228 g/mol. The number of hydrogen-bond donors (Lipinski definition) is 0. The third-order valence-corrected chi connectivity index (χ3v) is 1.48. The molecule has 0 saturated heterocycles. The van der Waals surface area contributed by atoms with Crippen molar-refractivity contribution >= 4 is 11.8 Å². The lowest BCUT2D eigenvalue weighted by atomic mass is 10.3. The van der Waals surface area contributed by atoms with Crippen molar-refractivity contribution in [3.8, 4) is 6.07 Å². The number of rotatable bonds is 9. The van der Waals surface area contributed by atoms with Gasteiger partial charge in [0.25, 0.3) is 0 Å². The van der Waals surface area contributed by atoms with E-state index in [-0.39, 0.29) is 39.2 Å². The van der Waals surface area contributed by atoms with Gasteiger partial charge in [-0.25, -0.2) is 0 Å². The van der Waals surface area contributed by atoms with E-state index >= 15 is 0 Å². The molecule has 0 aromatic carbocycles. The minimum absolute atomic E-state index is 0.0135. The molecule has 0 saturated carbocycles. The van der Waals surface area contributed by atoms with Crippen LogP contribution < -0.4 is 0 Å². The zero-order valence-electron chi connectivity index (χ0n) is 9.16. The number of Topliss-reactive ketones (excluding diaryl/α,β-unsaturated/α-hetero) is 1. The molecule has 0 rings (SSSR count). The number of nitriles is 1. The van der Waals surface area contributed by atoms with E-state index in [4.69, 9.17) is 15.5 Å². The summed E-state index contributed by atoms with van der Waals surface area (Å²) in [5, 5.41) is 11.4. The first-order valence-electron chi connectivity index (χ1n) is 4.83. The quantitative estimate of drug-likeness (QED) is 0.147. The van der Waals surface area contributed by atoms with Crippen LogP contribution in [0.1, 0.15) is 12.8 Å². The molecule has 0 aromatic rings. The molecule has 0 atom stereocenters. The maximum Gasteiger partial charge on any atom is 0.313 e. The first-order chi connectivity index (χ1) is 8.20. The molecule has 0 aromatic heterocycles. The van der Waals surface area contributed by atoms with Crippen LogP contribution in [-0.2, 0) is 19.1 Å². The molecule has 0 amide bonds. The zero-order valence-corrected chi connectivity index (χ0v) is 9.16. The number of carbonyl (C=O) groups is 2. The van der Waals surface area contributed by atoms with Crippen molar-refractivity contribution in [3.63, 3.8) is 0 Å². The van der Waals surface area contributed by atoms with Gasteiger partial charge in [-0.3, -0.25) is 9.59 Å². The summed E-state index contributed by atoms with van der Waals surface area (Å²) in [6.07, 6.45) is -0.282. The van der Waals surface area contributed by atoms with E-state index < -0.39 is 11.8 Å². The van der Waals surface area contributed by atoms with Crippen LogP contribution in [0.25, 0.3) is 10.4 Å². The predicted octanol–water partition coefficient (Wildman–Crippen LogP) is 0.729. The Morgan fingerprint density at radius 1 is 1.41 bits per heavy atom. The minimum atomic E-state index is -0.677. The van der Waals surface area contributed by atoms with Crippen LogP contribution in [0, 0.1) is 11.3 Å². The molecular formula is C9H12N4O4. The van der Waals surface area contributed by atoms with Crippen LogP contribution in [0.3, 0.4) is 0 Å². The van der Waals surface area contributed by atoms with Crippen molar-refractivity contribution in [2.24, 2.45) is 5.11 Å². The number of hydrogen-bond acceptors (Lipinski definition) is 6. The van der Waals surface area contributed by atoms with Crippen LogP contribution in [0.4, 0.5) is 0 Å². The smallest absolute Gasteiger partial charge is 0.313 e. The molecule has 0 aliphatic carbocycles. The highest BCUT2D eigenvalue weighted by Crippen LogP contribution is 1.92. The van der Waals surface area contributed by atoms with Gasteiger partial charge < -0.3 is 9.47 Å². The molecule has 0 aliphatic rings. The summed E-state index contributed by atoms with van der Waals surface area (Å²) in [5.41, 5.74) is 7.95. The van der Waals surface area contributed by atoms with Gasteiger partial charge in [0.2, 0.25) is 0 Å². The van der Waals surface area contributed by atoms with Gasteiger partial charge >= 0.3 is 5.97 Å². The zero-order chi connectivity index (χ0) is 12.9. The fourth-order valence-corrected chi connectivity index (χ4v) is 0.810. The monoisotopic (exact) mass is 240 g/mol. The van der Waals surface area contributed by atoms with Crippen molar-refractivity contribution in [2.45, 2.75) is 12.8 Å². The predicted molar refractivity (Wildman–Crippen MR) is 55.6 cm³/mol.